The first-order valence-corrected chi connectivity index (χ1v) is 8.15. The fourth-order valence-electron chi connectivity index (χ4n) is 2.53. The molecule has 1 amide bonds. The summed E-state index contributed by atoms with van der Waals surface area (Å²) in [4.78, 5) is 37.4. The van der Waals surface area contributed by atoms with Gasteiger partial charge in [0.2, 0.25) is 5.91 Å². The van der Waals surface area contributed by atoms with Crippen molar-refractivity contribution in [1.82, 2.24) is 0 Å². The lowest BCUT2D eigenvalue weighted by atomic mass is 9.95. The smallest absolute Gasteiger partial charge is 0.341 e. The zero-order chi connectivity index (χ0) is 17.4. The minimum absolute atomic E-state index is 0.197. The van der Waals surface area contributed by atoms with Crippen LogP contribution in [-0.2, 0) is 25.5 Å². The normalized spacial score (nSPS) is 16.7. The van der Waals surface area contributed by atoms with Gasteiger partial charge < -0.3 is 14.8 Å². The molecule has 0 spiro atoms. The highest BCUT2D eigenvalue weighted by Crippen LogP contribution is 2.46. The van der Waals surface area contributed by atoms with Crippen molar-refractivity contribution in [2.75, 3.05) is 19.5 Å². The Bertz CT molecular complexity index is 656. The molecule has 0 unspecified atom stereocenters. The monoisotopic (exact) mass is 339 g/mol. The fraction of sp³-hybridized carbons (Fsp3) is 0.562. The van der Waals surface area contributed by atoms with Gasteiger partial charge in [-0.05, 0) is 18.4 Å². The van der Waals surface area contributed by atoms with Gasteiger partial charge in [-0.25, -0.2) is 4.79 Å². The van der Waals surface area contributed by atoms with E-state index in [0.29, 0.717) is 23.4 Å². The zero-order valence-electron chi connectivity index (χ0n) is 13.9. The van der Waals surface area contributed by atoms with Gasteiger partial charge in [0.05, 0.1) is 25.7 Å². The lowest BCUT2D eigenvalue weighted by Gasteiger charge is -2.18. The van der Waals surface area contributed by atoms with Crippen LogP contribution in [0.2, 0.25) is 0 Å². The minimum Gasteiger partial charge on any atom is -0.469 e. The molecule has 0 saturated heterocycles. The maximum Gasteiger partial charge on any atom is 0.341 e. The van der Waals surface area contributed by atoms with E-state index in [1.165, 1.54) is 25.6 Å². The molecule has 1 heterocycles. The van der Waals surface area contributed by atoms with Crippen LogP contribution >= 0.6 is 11.3 Å². The Balaban J connectivity index is 2.48. The van der Waals surface area contributed by atoms with Crippen LogP contribution in [0, 0.1) is 5.41 Å². The molecular formula is C16H21NO5S. The predicted molar refractivity (Wildman–Crippen MR) is 86.8 cm³/mol. The van der Waals surface area contributed by atoms with E-state index in [-0.39, 0.29) is 17.4 Å². The van der Waals surface area contributed by atoms with Crippen LogP contribution in [0.15, 0.2) is 0 Å². The summed E-state index contributed by atoms with van der Waals surface area (Å²) in [6.07, 6.45) is 1.28. The second-order valence-electron chi connectivity index (χ2n) is 6.45. The summed E-state index contributed by atoms with van der Waals surface area (Å²) in [5.41, 5.74) is 0.319. The Kier molecular flexibility index (Phi) is 4.79. The quantitative estimate of drug-likeness (QED) is 0.856. The van der Waals surface area contributed by atoms with Crippen LogP contribution < -0.4 is 5.32 Å². The SMILES string of the molecule is COC(=O)c1c(NC(=O)C(C)(C)C)sc2c1[C@H](C(=O)OC)CC2. The Morgan fingerprint density at radius 2 is 1.83 bits per heavy atom. The lowest BCUT2D eigenvalue weighted by Crippen LogP contribution is -2.28. The van der Waals surface area contributed by atoms with Crippen LogP contribution in [0.4, 0.5) is 5.00 Å². The van der Waals surface area contributed by atoms with Crippen molar-refractivity contribution in [3.63, 3.8) is 0 Å². The third-order valence-corrected chi connectivity index (χ3v) is 4.99. The molecule has 1 aliphatic rings. The number of hydrogen-bond donors (Lipinski definition) is 1. The fourth-order valence-corrected chi connectivity index (χ4v) is 3.79. The maximum absolute atomic E-state index is 12.2. The number of rotatable bonds is 3. The summed E-state index contributed by atoms with van der Waals surface area (Å²) in [6, 6.07) is 0. The summed E-state index contributed by atoms with van der Waals surface area (Å²) in [5, 5.41) is 3.24. The minimum atomic E-state index is -0.594. The van der Waals surface area contributed by atoms with E-state index in [4.69, 9.17) is 9.47 Å². The van der Waals surface area contributed by atoms with Gasteiger partial charge in [0, 0.05) is 10.3 Å². The number of methoxy groups -OCH3 is 2. The molecule has 1 N–H and O–H groups in total. The average molecular weight is 339 g/mol. The number of anilines is 1. The molecular weight excluding hydrogens is 318 g/mol. The van der Waals surface area contributed by atoms with Crippen molar-refractivity contribution in [3.05, 3.63) is 16.0 Å². The van der Waals surface area contributed by atoms with Crippen LogP contribution in [0.3, 0.4) is 0 Å². The van der Waals surface area contributed by atoms with E-state index in [9.17, 15) is 14.4 Å². The number of amides is 1. The summed E-state index contributed by atoms with van der Waals surface area (Å²) in [7, 11) is 2.61. The van der Waals surface area contributed by atoms with E-state index in [1.807, 2.05) is 0 Å². The third kappa shape index (κ3) is 3.24. The lowest BCUT2D eigenvalue weighted by molar-refractivity contribution is -0.142. The number of aryl methyl sites for hydroxylation is 1. The Morgan fingerprint density at radius 3 is 2.35 bits per heavy atom. The van der Waals surface area contributed by atoms with Gasteiger partial charge in [0.1, 0.15) is 5.00 Å². The van der Waals surface area contributed by atoms with E-state index < -0.39 is 17.3 Å². The molecule has 126 valence electrons. The first-order valence-electron chi connectivity index (χ1n) is 7.33. The Labute approximate surface area is 139 Å². The van der Waals surface area contributed by atoms with Crippen LogP contribution in [-0.4, -0.2) is 32.1 Å². The molecule has 1 aromatic heterocycles. The first-order chi connectivity index (χ1) is 10.7. The molecule has 0 fully saturated rings. The average Bonchev–Trinajstić information content (AvgIpc) is 3.03. The Morgan fingerprint density at radius 1 is 1.17 bits per heavy atom. The topological polar surface area (TPSA) is 81.7 Å². The number of fused-ring (bicyclic) bond motifs is 1. The number of hydrogen-bond acceptors (Lipinski definition) is 6. The number of thiophene rings is 1. The molecule has 1 aliphatic carbocycles. The van der Waals surface area contributed by atoms with Gasteiger partial charge in [-0.15, -0.1) is 11.3 Å². The molecule has 0 aliphatic heterocycles. The first kappa shape index (κ1) is 17.5. The highest BCUT2D eigenvalue weighted by Gasteiger charge is 2.38. The van der Waals surface area contributed by atoms with Gasteiger partial charge >= 0.3 is 11.9 Å². The largest absolute Gasteiger partial charge is 0.469 e. The van der Waals surface area contributed by atoms with E-state index in [1.54, 1.807) is 20.8 Å². The molecule has 6 nitrogen and oxygen atoms in total. The summed E-state index contributed by atoms with van der Waals surface area (Å²) >= 11 is 1.33. The van der Waals surface area contributed by atoms with Gasteiger partial charge in [-0.3, -0.25) is 9.59 Å². The van der Waals surface area contributed by atoms with Gasteiger partial charge in [0.15, 0.2) is 0 Å². The standard InChI is InChI=1S/C16H21NO5S/c1-16(2,3)15(20)17-12-11(14(19)22-5)10-8(13(18)21-4)6-7-9(10)23-12/h8H,6-7H2,1-5H3,(H,17,20)/t8-/m1/s1. The molecule has 0 radical (unpaired) electrons. The summed E-state index contributed by atoms with van der Waals surface area (Å²) in [5.74, 6) is -1.61. The second kappa shape index (κ2) is 6.31. The van der Waals surface area contributed by atoms with E-state index in [2.05, 4.69) is 5.32 Å². The number of ether oxygens (including phenoxy) is 2. The van der Waals surface area contributed by atoms with Crippen molar-refractivity contribution >= 4 is 34.2 Å². The Hall–Kier alpha value is -1.89. The molecule has 0 aromatic carbocycles. The predicted octanol–water partition coefficient (Wildman–Crippen LogP) is 2.72. The molecule has 0 bridgehead atoms. The van der Waals surface area contributed by atoms with Crippen molar-refractivity contribution in [2.45, 2.75) is 39.5 Å². The molecule has 23 heavy (non-hydrogen) atoms. The van der Waals surface area contributed by atoms with Crippen LogP contribution in [0.5, 0.6) is 0 Å². The van der Waals surface area contributed by atoms with Crippen LogP contribution in [0.25, 0.3) is 0 Å². The second-order valence-corrected chi connectivity index (χ2v) is 7.56. The van der Waals surface area contributed by atoms with Gasteiger partial charge in [-0.1, -0.05) is 20.8 Å². The highest BCUT2D eigenvalue weighted by atomic mass is 32.1. The molecule has 1 atom stereocenters. The number of carbonyl (C=O) groups excluding carboxylic acids is 3. The van der Waals surface area contributed by atoms with Crippen molar-refractivity contribution < 1.29 is 23.9 Å². The van der Waals surface area contributed by atoms with Crippen LogP contribution in [0.1, 0.15) is 53.9 Å². The van der Waals surface area contributed by atoms with E-state index in [0.717, 1.165) is 4.88 Å². The number of carbonyl (C=O) groups is 3. The zero-order valence-corrected chi connectivity index (χ0v) is 14.8. The van der Waals surface area contributed by atoms with Crippen molar-refractivity contribution in [2.24, 2.45) is 5.41 Å². The van der Waals surface area contributed by atoms with Crippen molar-refractivity contribution in [3.8, 4) is 0 Å². The molecule has 1 aromatic rings. The summed E-state index contributed by atoms with van der Waals surface area (Å²) in [6.45, 7) is 5.37. The number of nitrogens with one attached hydrogen (secondary N) is 1. The van der Waals surface area contributed by atoms with Crippen molar-refractivity contribution in [1.29, 1.82) is 0 Å². The molecule has 0 saturated carbocycles. The van der Waals surface area contributed by atoms with Gasteiger partial charge in [0.25, 0.3) is 0 Å². The number of esters is 2. The third-order valence-electron chi connectivity index (χ3n) is 3.81. The maximum atomic E-state index is 12.2. The highest BCUT2D eigenvalue weighted by molar-refractivity contribution is 7.17. The van der Waals surface area contributed by atoms with Gasteiger partial charge in [-0.2, -0.15) is 0 Å². The van der Waals surface area contributed by atoms with E-state index >= 15 is 0 Å². The molecule has 7 heteroatoms. The molecule has 2 rings (SSSR count). The summed E-state index contributed by atoms with van der Waals surface area (Å²) < 4.78 is 9.68.